The summed E-state index contributed by atoms with van der Waals surface area (Å²) < 4.78 is 5.64. The lowest BCUT2D eigenvalue weighted by Crippen LogP contribution is -2.34. The number of hydrogen-bond donors (Lipinski definition) is 1. The van der Waals surface area contributed by atoms with Gasteiger partial charge in [0.2, 0.25) is 0 Å². The molecule has 0 aromatic rings. The van der Waals surface area contributed by atoms with Gasteiger partial charge >= 0.3 is 0 Å². The second kappa shape index (κ2) is 4.63. The number of ether oxygens (including phenoxy) is 1. The first kappa shape index (κ1) is 13.9. The Balaban J connectivity index is 4.03. The first-order valence-corrected chi connectivity index (χ1v) is 5.38. The van der Waals surface area contributed by atoms with Gasteiger partial charge < -0.3 is 9.84 Å². The maximum absolute atomic E-state index is 9.53. The molecule has 0 heterocycles. The molecule has 0 amide bonds. The molecule has 0 aliphatic carbocycles. The molecule has 0 spiro atoms. The third-order valence-electron chi connectivity index (χ3n) is 2.77. The van der Waals surface area contributed by atoms with E-state index in [1.165, 1.54) is 0 Å². The van der Waals surface area contributed by atoms with E-state index in [1.807, 2.05) is 0 Å². The zero-order valence-electron chi connectivity index (χ0n) is 10.7. The number of aliphatic hydroxyl groups is 1. The summed E-state index contributed by atoms with van der Waals surface area (Å²) in [7, 11) is 0. The largest absolute Gasteiger partial charge is 0.388 e. The van der Waals surface area contributed by atoms with Crippen LogP contribution in [0.4, 0.5) is 0 Å². The quantitative estimate of drug-likeness (QED) is 0.759. The van der Waals surface area contributed by atoms with Crippen molar-refractivity contribution in [2.45, 2.75) is 60.2 Å². The van der Waals surface area contributed by atoms with Gasteiger partial charge in [0, 0.05) is 0 Å². The van der Waals surface area contributed by atoms with E-state index >= 15 is 0 Å². The second-order valence-corrected chi connectivity index (χ2v) is 5.98. The van der Waals surface area contributed by atoms with E-state index in [0.29, 0.717) is 12.5 Å². The zero-order chi connectivity index (χ0) is 11.6. The van der Waals surface area contributed by atoms with Gasteiger partial charge in [-0.3, -0.25) is 0 Å². The molecular formula is C12H26O2. The zero-order valence-corrected chi connectivity index (χ0v) is 10.7. The topological polar surface area (TPSA) is 29.5 Å². The Bertz CT molecular complexity index is 162. The van der Waals surface area contributed by atoms with Gasteiger partial charge in [0.05, 0.1) is 18.3 Å². The molecule has 0 aliphatic rings. The fourth-order valence-corrected chi connectivity index (χ4v) is 1.18. The fourth-order valence-electron chi connectivity index (χ4n) is 1.18. The Hall–Kier alpha value is -0.0800. The van der Waals surface area contributed by atoms with Crippen LogP contribution < -0.4 is 0 Å². The van der Waals surface area contributed by atoms with Crippen LogP contribution in [0.5, 0.6) is 0 Å². The Labute approximate surface area is 88.7 Å². The summed E-state index contributed by atoms with van der Waals surface area (Å²) in [5.74, 6) is 0.477. The monoisotopic (exact) mass is 202 g/mol. The molecule has 0 fully saturated rings. The van der Waals surface area contributed by atoms with Crippen LogP contribution in [-0.4, -0.2) is 23.4 Å². The predicted molar refractivity (Wildman–Crippen MR) is 60.3 cm³/mol. The Morgan fingerprint density at radius 3 is 1.79 bits per heavy atom. The maximum Gasteiger partial charge on any atom is 0.0824 e. The van der Waals surface area contributed by atoms with Crippen LogP contribution in [0.25, 0.3) is 0 Å². The van der Waals surface area contributed by atoms with Gasteiger partial charge in [-0.05, 0) is 32.1 Å². The molecule has 0 aromatic heterocycles. The Morgan fingerprint density at radius 1 is 1.07 bits per heavy atom. The minimum Gasteiger partial charge on any atom is -0.388 e. The number of rotatable bonds is 4. The maximum atomic E-state index is 9.53. The Morgan fingerprint density at radius 2 is 1.50 bits per heavy atom. The Kier molecular flexibility index (Phi) is 4.60. The van der Waals surface area contributed by atoms with E-state index in [9.17, 15) is 5.11 Å². The van der Waals surface area contributed by atoms with Crippen LogP contribution in [0, 0.1) is 11.3 Å². The molecule has 2 nitrogen and oxygen atoms in total. The summed E-state index contributed by atoms with van der Waals surface area (Å²) in [6, 6.07) is 0. The molecule has 0 saturated heterocycles. The van der Waals surface area contributed by atoms with Gasteiger partial charge in [-0.15, -0.1) is 0 Å². The van der Waals surface area contributed by atoms with E-state index in [1.54, 1.807) is 13.8 Å². The van der Waals surface area contributed by atoms with E-state index in [4.69, 9.17) is 4.74 Å². The SMILES string of the molecule is C[C@@H](OCC(C)(C)O)[C@H](C)C(C)(C)C. The average Bonchev–Trinajstić information content (AvgIpc) is 1.95. The highest BCUT2D eigenvalue weighted by Crippen LogP contribution is 2.29. The summed E-state index contributed by atoms with van der Waals surface area (Å²) in [5, 5.41) is 9.53. The van der Waals surface area contributed by atoms with Crippen molar-refractivity contribution in [1.29, 1.82) is 0 Å². The van der Waals surface area contributed by atoms with Gasteiger partial charge in [0.15, 0.2) is 0 Å². The van der Waals surface area contributed by atoms with Crippen molar-refractivity contribution in [3.05, 3.63) is 0 Å². The summed E-state index contributed by atoms with van der Waals surface area (Å²) in [5.41, 5.74) is -0.481. The molecule has 2 atom stereocenters. The highest BCUT2D eigenvalue weighted by atomic mass is 16.5. The highest BCUT2D eigenvalue weighted by molar-refractivity contribution is 4.76. The summed E-state index contributed by atoms with van der Waals surface area (Å²) in [6.45, 7) is 14.8. The van der Waals surface area contributed by atoms with Gasteiger partial charge in [0.25, 0.3) is 0 Å². The first-order chi connectivity index (χ1) is 6.04. The van der Waals surface area contributed by atoms with Gasteiger partial charge in [-0.1, -0.05) is 27.7 Å². The van der Waals surface area contributed by atoms with E-state index in [-0.39, 0.29) is 11.5 Å². The van der Waals surface area contributed by atoms with Gasteiger partial charge in [-0.2, -0.15) is 0 Å². The lowest BCUT2D eigenvalue weighted by molar-refractivity contribution is -0.0762. The number of hydrogen-bond acceptors (Lipinski definition) is 2. The highest BCUT2D eigenvalue weighted by Gasteiger charge is 2.27. The van der Waals surface area contributed by atoms with E-state index < -0.39 is 5.60 Å². The van der Waals surface area contributed by atoms with Crippen molar-refractivity contribution in [3.8, 4) is 0 Å². The molecule has 0 bridgehead atoms. The van der Waals surface area contributed by atoms with Crippen LogP contribution in [0.2, 0.25) is 0 Å². The van der Waals surface area contributed by atoms with Crippen molar-refractivity contribution in [1.82, 2.24) is 0 Å². The molecule has 0 unspecified atom stereocenters. The third-order valence-corrected chi connectivity index (χ3v) is 2.77. The fraction of sp³-hybridized carbons (Fsp3) is 1.00. The minimum absolute atomic E-state index is 0.182. The molecule has 86 valence electrons. The molecule has 2 heteroatoms. The van der Waals surface area contributed by atoms with E-state index in [0.717, 1.165) is 0 Å². The third kappa shape index (κ3) is 5.61. The molecule has 0 rings (SSSR count). The lowest BCUT2D eigenvalue weighted by Gasteiger charge is -2.33. The van der Waals surface area contributed by atoms with Crippen LogP contribution in [0.15, 0.2) is 0 Å². The van der Waals surface area contributed by atoms with Crippen LogP contribution in [-0.2, 0) is 4.74 Å². The van der Waals surface area contributed by atoms with Crippen molar-refractivity contribution in [3.63, 3.8) is 0 Å². The van der Waals surface area contributed by atoms with Gasteiger partial charge in [-0.25, -0.2) is 0 Å². The molecule has 1 N–H and O–H groups in total. The lowest BCUT2D eigenvalue weighted by atomic mass is 9.79. The summed E-state index contributed by atoms with van der Waals surface area (Å²) in [6.07, 6.45) is 0.182. The standard InChI is InChI=1S/C12H26O2/c1-9(11(3,4)5)10(2)14-8-12(6,7)13/h9-10,13H,8H2,1-7H3/t9-,10+/m0/s1. The predicted octanol–water partition coefficient (Wildman–Crippen LogP) is 2.84. The first-order valence-electron chi connectivity index (χ1n) is 5.38. The van der Waals surface area contributed by atoms with Crippen LogP contribution in [0.1, 0.15) is 48.5 Å². The minimum atomic E-state index is -0.730. The van der Waals surface area contributed by atoms with Crippen molar-refractivity contribution in [2.75, 3.05) is 6.61 Å². The van der Waals surface area contributed by atoms with Crippen LogP contribution in [0.3, 0.4) is 0 Å². The average molecular weight is 202 g/mol. The van der Waals surface area contributed by atoms with Crippen molar-refractivity contribution >= 4 is 0 Å². The van der Waals surface area contributed by atoms with Crippen molar-refractivity contribution < 1.29 is 9.84 Å². The normalized spacial score (nSPS) is 18.0. The summed E-state index contributed by atoms with van der Waals surface area (Å²) in [4.78, 5) is 0. The summed E-state index contributed by atoms with van der Waals surface area (Å²) >= 11 is 0. The molecule has 0 aliphatic heterocycles. The molecule has 0 saturated carbocycles. The van der Waals surface area contributed by atoms with Crippen molar-refractivity contribution in [2.24, 2.45) is 11.3 Å². The smallest absolute Gasteiger partial charge is 0.0824 e. The molecule has 0 radical (unpaired) electrons. The van der Waals surface area contributed by atoms with Crippen LogP contribution >= 0.6 is 0 Å². The molecule has 0 aromatic carbocycles. The second-order valence-electron chi connectivity index (χ2n) is 5.98. The van der Waals surface area contributed by atoms with E-state index in [2.05, 4.69) is 34.6 Å². The molecule has 14 heavy (non-hydrogen) atoms. The van der Waals surface area contributed by atoms with Gasteiger partial charge in [0.1, 0.15) is 0 Å². The molecular weight excluding hydrogens is 176 g/mol.